The number of carbonyl (C=O) groups is 2. The molecule has 0 radical (unpaired) electrons. The van der Waals surface area contributed by atoms with Crippen LogP contribution in [0.4, 0.5) is 0 Å². The van der Waals surface area contributed by atoms with E-state index in [1.54, 1.807) is 35.4 Å². The van der Waals surface area contributed by atoms with Gasteiger partial charge in [0.05, 0.1) is 24.4 Å². The van der Waals surface area contributed by atoms with E-state index in [4.69, 9.17) is 21.1 Å². The Kier molecular flexibility index (Phi) is 6.79. The van der Waals surface area contributed by atoms with Crippen molar-refractivity contribution in [2.75, 3.05) is 26.3 Å². The molecule has 0 aliphatic carbocycles. The third kappa shape index (κ3) is 5.41. The zero-order chi connectivity index (χ0) is 19.9. The van der Waals surface area contributed by atoms with E-state index in [2.05, 4.69) is 4.98 Å². The van der Waals surface area contributed by atoms with Crippen LogP contribution in [-0.2, 0) is 9.53 Å². The highest BCUT2D eigenvalue weighted by Gasteiger charge is 2.24. The number of Topliss-reactive ketones (excluding diaryl/α,β-unsaturated/α-hetero) is 1. The third-order valence-corrected chi connectivity index (χ3v) is 4.52. The molecule has 1 amide bonds. The van der Waals surface area contributed by atoms with E-state index in [9.17, 15) is 9.59 Å². The SMILES string of the molecule is CC(=O)c1cc(Cl)ccc1OCC1CN(C(=O)/C=C/c2ccccn2)CCO1. The number of ether oxygens (including phenoxy) is 2. The fraction of sp³-hybridized carbons (Fsp3) is 0.286. The molecule has 1 aromatic heterocycles. The topological polar surface area (TPSA) is 68.7 Å². The maximum atomic E-state index is 12.4. The van der Waals surface area contributed by atoms with Gasteiger partial charge < -0.3 is 14.4 Å². The minimum Gasteiger partial charge on any atom is -0.490 e. The van der Waals surface area contributed by atoms with Gasteiger partial charge in [0.15, 0.2) is 5.78 Å². The number of rotatable bonds is 6. The van der Waals surface area contributed by atoms with E-state index in [0.717, 1.165) is 5.69 Å². The highest BCUT2D eigenvalue weighted by molar-refractivity contribution is 6.31. The number of carbonyl (C=O) groups excluding carboxylic acids is 2. The van der Waals surface area contributed by atoms with Gasteiger partial charge in [-0.3, -0.25) is 14.6 Å². The summed E-state index contributed by atoms with van der Waals surface area (Å²) in [5, 5.41) is 0.475. The highest BCUT2D eigenvalue weighted by atomic mass is 35.5. The molecular formula is C21H21ClN2O4. The molecule has 2 aromatic rings. The molecule has 2 heterocycles. The number of ketones is 1. The van der Waals surface area contributed by atoms with Gasteiger partial charge in [-0.05, 0) is 43.3 Å². The van der Waals surface area contributed by atoms with Gasteiger partial charge in [0.2, 0.25) is 5.91 Å². The number of halogens is 1. The number of nitrogens with zero attached hydrogens (tertiary/aromatic N) is 2. The Bertz CT molecular complexity index is 870. The Morgan fingerprint density at radius 1 is 1.36 bits per heavy atom. The fourth-order valence-corrected chi connectivity index (χ4v) is 3.02. The summed E-state index contributed by atoms with van der Waals surface area (Å²) in [6.45, 7) is 3.05. The smallest absolute Gasteiger partial charge is 0.246 e. The summed E-state index contributed by atoms with van der Waals surface area (Å²) >= 11 is 5.95. The quantitative estimate of drug-likeness (QED) is 0.550. The molecule has 3 rings (SSSR count). The number of amides is 1. The summed E-state index contributed by atoms with van der Waals surface area (Å²) in [7, 11) is 0. The number of aromatic nitrogens is 1. The van der Waals surface area contributed by atoms with Gasteiger partial charge in [-0.25, -0.2) is 0 Å². The standard InChI is InChI=1S/C21H21ClN2O4/c1-15(25)19-12-16(22)5-7-20(19)28-14-18-13-24(10-11-27-18)21(26)8-6-17-4-2-3-9-23-17/h2-9,12,18H,10-11,13-14H2,1H3/b8-6+. The lowest BCUT2D eigenvalue weighted by atomic mass is 10.1. The van der Waals surface area contributed by atoms with Crippen LogP contribution in [0.2, 0.25) is 5.02 Å². The maximum Gasteiger partial charge on any atom is 0.246 e. The lowest BCUT2D eigenvalue weighted by molar-refractivity contribution is -0.134. The highest BCUT2D eigenvalue weighted by Crippen LogP contribution is 2.24. The van der Waals surface area contributed by atoms with Crippen molar-refractivity contribution < 1.29 is 19.1 Å². The summed E-state index contributed by atoms with van der Waals surface area (Å²) in [5.74, 6) is 0.229. The van der Waals surface area contributed by atoms with Crippen LogP contribution in [0.3, 0.4) is 0 Å². The van der Waals surface area contributed by atoms with Crippen LogP contribution >= 0.6 is 11.6 Å². The normalized spacial score (nSPS) is 16.9. The molecule has 7 heteroatoms. The van der Waals surface area contributed by atoms with Crippen molar-refractivity contribution in [1.82, 2.24) is 9.88 Å². The van der Waals surface area contributed by atoms with Crippen molar-refractivity contribution >= 4 is 29.4 Å². The molecule has 0 N–H and O–H groups in total. The monoisotopic (exact) mass is 400 g/mol. The van der Waals surface area contributed by atoms with Crippen molar-refractivity contribution in [3.05, 3.63) is 65.0 Å². The van der Waals surface area contributed by atoms with Crippen molar-refractivity contribution in [3.63, 3.8) is 0 Å². The number of benzene rings is 1. The summed E-state index contributed by atoms with van der Waals surface area (Å²) < 4.78 is 11.5. The second kappa shape index (κ2) is 9.48. The summed E-state index contributed by atoms with van der Waals surface area (Å²) in [4.78, 5) is 30.1. The lowest BCUT2D eigenvalue weighted by Gasteiger charge is -2.32. The summed E-state index contributed by atoms with van der Waals surface area (Å²) in [6, 6.07) is 10.4. The molecule has 1 aliphatic heterocycles. The Balaban J connectivity index is 1.57. The predicted molar refractivity (Wildman–Crippen MR) is 107 cm³/mol. The van der Waals surface area contributed by atoms with Gasteiger partial charge in [-0.2, -0.15) is 0 Å². The predicted octanol–water partition coefficient (Wildman–Crippen LogP) is 3.26. The molecule has 1 atom stereocenters. The van der Waals surface area contributed by atoms with Crippen LogP contribution in [0.15, 0.2) is 48.7 Å². The second-order valence-electron chi connectivity index (χ2n) is 6.37. The van der Waals surface area contributed by atoms with E-state index in [1.165, 1.54) is 13.0 Å². The summed E-state index contributed by atoms with van der Waals surface area (Å²) in [5.41, 5.74) is 1.15. The number of hydrogen-bond acceptors (Lipinski definition) is 5. The zero-order valence-corrected chi connectivity index (χ0v) is 16.3. The van der Waals surface area contributed by atoms with Crippen LogP contribution < -0.4 is 4.74 Å². The first kappa shape index (κ1) is 20.0. The largest absolute Gasteiger partial charge is 0.490 e. The maximum absolute atomic E-state index is 12.4. The minimum atomic E-state index is -0.281. The molecule has 1 saturated heterocycles. The van der Waals surface area contributed by atoms with Gasteiger partial charge in [0.25, 0.3) is 0 Å². The molecule has 0 bridgehead atoms. The van der Waals surface area contributed by atoms with Gasteiger partial charge in [-0.15, -0.1) is 0 Å². The molecular weight excluding hydrogens is 380 g/mol. The van der Waals surface area contributed by atoms with Gasteiger partial charge in [0.1, 0.15) is 18.5 Å². The number of hydrogen-bond donors (Lipinski definition) is 0. The molecule has 1 unspecified atom stereocenters. The average molecular weight is 401 g/mol. The summed E-state index contributed by atoms with van der Waals surface area (Å²) in [6.07, 6.45) is 4.60. The lowest BCUT2D eigenvalue weighted by Crippen LogP contribution is -2.47. The Labute approximate surface area is 168 Å². The fourth-order valence-electron chi connectivity index (χ4n) is 2.84. The Morgan fingerprint density at radius 2 is 2.21 bits per heavy atom. The van der Waals surface area contributed by atoms with Crippen molar-refractivity contribution in [1.29, 1.82) is 0 Å². The van der Waals surface area contributed by atoms with E-state index in [1.807, 2.05) is 18.2 Å². The Hall–Kier alpha value is -2.70. The number of morpholine rings is 1. The molecule has 146 valence electrons. The van der Waals surface area contributed by atoms with Crippen LogP contribution in [0, 0.1) is 0 Å². The molecule has 0 spiro atoms. The van der Waals surface area contributed by atoms with Crippen LogP contribution in [0.1, 0.15) is 23.0 Å². The minimum absolute atomic E-state index is 0.102. The average Bonchev–Trinajstić information content (AvgIpc) is 2.72. The van der Waals surface area contributed by atoms with Crippen LogP contribution in [0.5, 0.6) is 5.75 Å². The van der Waals surface area contributed by atoms with Crippen molar-refractivity contribution in [2.24, 2.45) is 0 Å². The van der Waals surface area contributed by atoms with Gasteiger partial charge >= 0.3 is 0 Å². The van der Waals surface area contributed by atoms with Gasteiger partial charge in [0, 0.05) is 23.8 Å². The molecule has 1 aromatic carbocycles. The number of pyridine rings is 1. The molecule has 28 heavy (non-hydrogen) atoms. The van der Waals surface area contributed by atoms with Gasteiger partial charge in [-0.1, -0.05) is 17.7 Å². The van der Waals surface area contributed by atoms with E-state index >= 15 is 0 Å². The molecule has 0 saturated carbocycles. The zero-order valence-electron chi connectivity index (χ0n) is 15.5. The molecule has 1 aliphatic rings. The van der Waals surface area contributed by atoms with E-state index in [0.29, 0.717) is 36.0 Å². The first-order valence-electron chi connectivity index (χ1n) is 8.96. The van der Waals surface area contributed by atoms with Crippen LogP contribution in [-0.4, -0.2) is 54.0 Å². The first-order valence-corrected chi connectivity index (χ1v) is 9.33. The van der Waals surface area contributed by atoms with E-state index < -0.39 is 0 Å². The second-order valence-corrected chi connectivity index (χ2v) is 6.81. The Morgan fingerprint density at radius 3 is 2.96 bits per heavy atom. The third-order valence-electron chi connectivity index (χ3n) is 4.28. The molecule has 6 nitrogen and oxygen atoms in total. The first-order chi connectivity index (χ1) is 13.5. The van der Waals surface area contributed by atoms with Crippen molar-refractivity contribution in [3.8, 4) is 5.75 Å². The van der Waals surface area contributed by atoms with Crippen molar-refractivity contribution in [2.45, 2.75) is 13.0 Å². The molecule has 1 fully saturated rings. The van der Waals surface area contributed by atoms with Crippen LogP contribution in [0.25, 0.3) is 6.08 Å². The van der Waals surface area contributed by atoms with E-state index in [-0.39, 0.29) is 24.4 Å².